The minimum atomic E-state index is -0.883. The third kappa shape index (κ3) is 3.76. The zero-order chi connectivity index (χ0) is 20.4. The summed E-state index contributed by atoms with van der Waals surface area (Å²) < 4.78 is 18.0. The van der Waals surface area contributed by atoms with E-state index in [0.717, 1.165) is 28.4 Å². The molecule has 7 heteroatoms. The summed E-state index contributed by atoms with van der Waals surface area (Å²) in [5.74, 6) is 2.03. The molecule has 1 aromatic heterocycles. The van der Waals surface area contributed by atoms with Gasteiger partial charge < -0.3 is 19.5 Å². The van der Waals surface area contributed by atoms with Gasteiger partial charge in [-0.15, -0.1) is 0 Å². The highest BCUT2D eigenvalue weighted by Gasteiger charge is 2.31. The van der Waals surface area contributed by atoms with Crippen LogP contribution >= 0.6 is 0 Å². The first-order valence-electron chi connectivity index (χ1n) is 9.38. The van der Waals surface area contributed by atoms with Crippen LogP contribution in [-0.2, 0) is 10.3 Å². The van der Waals surface area contributed by atoms with E-state index in [1.54, 1.807) is 42.3 Å². The predicted octanol–water partition coefficient (Wildman–Crippen LogP) is 3.70. The summed E-state index contributed by atoms with van der Waals surface area (Å²) in [4.78, 5) is 12.9. The average molecular weight is 393 g/mol. The van der Waals surface area contributed by atoms with Crippen molar-refractivity contribution in [3.05, 3.63) is 54.9 Å². The highest BCUT2D eigenvalue weighted by atomic mass is 16.6. The van der Waals surface area contributed by atoms with Crippen molar-refractivity contribution in [1.82, 2.24) is 9.78 Å². The summed E-state index contributed by atoms with van der Waals surface area (Å²) in [5, 5.41) is 7.36. The van der Waals surface area contributed by atoms with E-state index in [2.05, 4.69) is 10.4 Å². The Bertz CT molecular complexity index is 1020. The van der Waals surface area contributed by atoms with Gasteiger partial charge in [-0.05, 0) is 55.8 Å². The van der Waals surface area contributed by atoms with Crippen LogP contribution in [0, 0.1) is 0 Å². The Balaban J connectivity index is 1.53. The second kappa shape index (κ2) is 7.50. The summed E-state index contributed by atoms with van der Waals surface area (Å²) in [5.41, 5.74) is 1.66. The monoisotopic (exact) mass is 393 g/mol. The van der Waals surface area contributed by atoms with Gasteiger partial charge >= 0.3 is 0 Å². The van der Waals surface area contributed by atoms with Crippen LogP contribution in [0.2, 0.25) is 0 Å². The van der Waals surface area contributed by atoms with Crippen LogP contribution in [0.5, 0.6) is 17.2 Å². The molecule has 0 unspecified atom stereocenters. The summed E-state index contributed by atoms with van der Waals surface area (Å²) in [6.07, 6.45) is 3.60. The first-order valence-corrected chi connectivity index (χ1v) is 9.38. The van der Waals surface area contributed by atoms with Crippen LogP contribution in [0.4, 0.5) is 5.69 Å². The minimum Gasteiger partial charge on any atom is -0.497 e. The minimum absolute atomic E-state index is 0.167. The van der Waals surface area contributed by atoms with E-state index in [4.69, 9.17) is 14.2 Å². The third-order valence-corrected chi connectivity index (χ3v) is 4.93. The van der Waals surface area contributed by atoms with Crippen molar-refractivity contribution in [2.75, 3.05) is 25.6 Å². The standard InChI is InChI=1S/C22H23N3O4/c1-22(2,21(26)24-17-5-7-18(27-3)8-6-17)25-14-16(13-23-25)15-4-9-19-20(12-15)29-11-10-28-19/h4-9,12-14H,10-11H2,1-3H3,(H,24,26). The van der Waals surface area contributed by atoms with Crippen LogP contribution in [-0.4, -0.2) is 36.0 Å². The van der Waals surface area contributed by atoms with E-state index >= 15 is 0 Å². The number of carbonyl (C=O) groups is 1. The van der Waals surface area contributed by atoms with Gasteiger partial charge in [-0.1, -0.05) is 6.07 Å². The van der Waals surface area contributed by atoms with Crippen molar-refractivity contribution in [3.63, 3.8) is 0 Å². The number of nitrogens with zero attached hydrogens (tertiary/aromatic N) is 2. The molecule has 0 bridgehead atoms. The lowest BCUT2D eigenvalue weighted by Gasteiger charge is -2.24. The topological polar surface area (TPSA) is 74.6 Å². The number of hydrogen-bond donors (Lipinski definition) is 1. The molecule has 2 aromatic carbocycles. The van der Waals surface area contributed by atoms with Gasteiger partial charge in [0.15, 0.2) is 11.5 Å². The van der Waals surface area contributed by atoms with Crippen molar-refractivity contribution in [2.24, 2.45) is 0 Å². The van der Waals surface area contributed by atoms with Gasteiger partial charge in [0.05, 0.1) is 13.3 Å². The lowest BCUT2D eigenvalue weighted by Crippen LogP contribution is -2.40. The lowest BCUT2D eigenvalue weighted by atomic mass is 10.0. The fourth-order valence-corrected chi connectivity index (χ4v) is 3.06. The van der Waals surface area contributed by atoms with Gasteiger partial charge in [0.2, 0.25) is 0 Å². The number of anilines is 1. The molecule has 0 radical (unpaired) electrons. The number of amides is 1. The Morgan fingerprint density at radius 3 is 2.52 bits per heavy atom. The van der Waals surface area contributed by atoms with Crippen molar-refractivity contribution >= 4 is 11.6 Å². The SMILES string of the molecule is COc1ccc(NC(=O)C(C)(C)n2cc(-c3ccc4c(c3)OCCO4)cn2)cc1. The van der Waals surface area contributed by atoms with Gasteiger partial charge in [-0.3, -0.25) is 9.48 Å². The molecule has 1 amide bonds. The molecule has 0 saturated carbocycles. The summed E-state index contributed by atoms with van der Waals surface area (Å²) in [6, 6.07) is 13.0. The average Bonchev–Trinajstić information content (AvgIpc) is 3.25. The molecule has 1 N–H and O–H groups in total. The van der Waals surface area contributed by atoms with Gasteiger partial charge in [0.1, 0.15) is 24.5 Å². The quantitative estimate of drug-likeness (QED) is 0.715. The molecule has 2 heterocycles. The maximum atomic E-state index is 12.9. The molecular formula is C22H23N3O4. The Morgan fingerprint density at radius 1 is 1.07 bits per heavy atom. The summed E-state index contributed by atoms with van der Waals surface area (Å²) >= 11 is 0. The molecule has 4 rings (SSSR count). The van der Waals surface area contributed by atoms with Gasteiger partial charge in [-0.2, -0.15) is 5.10 Å². The Hall–Kier alpha value is -3.48. The third-order valence-electron chi connectivity index (χ3n) is 4.93. The maximum Gasteiger partial charge on any atom is 0.251 e. The van der Waals surface area contributed by atoms with Crippen LogP contribution < -0.4 is 19.5 Å². The van der Waals surface area contributed by atoms with Gasteiger partial charge in [-0.25, -0.2) is 0 Å². The molecule has 0 spiro atoms. The number of ether oxygens (including phenoxy) is 3. The number of aromatic nitrogens is 2. The smallest absolute Gasteiger partial charge is 0.251 e. The van der Waals surface area contributed by atoms with E-state index in [9.17, 15) is 4.79 Å². The van der Waals surface area contributed by atoms with Crippen LogP contribution in [0.25, 0.3) is 11.1 Å². The Labute approximate surface area is 169 Å². The van der Waals surface area contributed by atoms with Gasteiger partial charge in [0.25, 0.3) is 5.91 Å². The number of rotatable bonds is 5. The molecule has 3 aromatic rings. The largest absolute Gasteiger partial charge is 0.497 e. The highest BCUT2D eigenvalue weighted by Crippen LogP contribution is 2.34. The second-order valence-corrected chi connectivity index (χ2v) is 7.27. The predicted molar refractivity (Wildman–Crippen MR) is 110 cm³/mol. The number of carbonyl (C=O) groups excluding carboxylic acids is 1. The second-order valence-electron chi connectivity index (χ2n) is 7.27. The van der Waals surface area contributed by atoms with E-state index in [1.165, 1.54) is 0 Å². The normalized spacial score (nSPS) is 13.1. The molecule has 150 valence electrons. The molecule has 0 saturated heterocycles. The number of benzene rings is 2. The number of hydrogen-bond acceptors (Lipinski definition) is 5. The zero-order valence-electron chi connectivity index (χ0n) is 16.6. The van der Waals surface area contributed by atoms with E-state index < -0.39 is 5.54 Å². The molecule has 7 nitrogen and oxygen atoms in total. The fraction of sp³-hybridized carbons (Fsp3) is 0.273. The maximum absolute atomic E-state index is 12.9. The van der Waals surface area contributed by atoms with Crippen molar-refractivity contribution in [3.8, 4) is 28.4 Å². The first-order chi connectivity index (χ1) is 14.0. The molecular weight excluding hydrogens is 370 g/mol. The summed E-state index contributed by atoms with van der Waals surface area (Å²) in [7, 11) is 1.60. The molecule has 0 fully saturated rings. The van der Waals surface area contributed by atoms with Crippen LogP contribution in [0.1, 0.15) is 13.8 Å². The van der Waals surface area contributed by atoms with Crippen molar-refractivity contribution < 1.29 is 19.0 Å². The van der Waals surface area contributed by atoms with Crippen LogP contribution in [0.15, 0.2) is 54.9 Å². The van der Waals surface area contributed by atoms with E-state index in [-0.39, 0.29) is 5.91 Å². The number of fused-ring (bicyclic) bond motifs is 1. The molecule has 29 heavy (non-hydrogen) atoms. The molecule has 1 aliphatic rings. The van der Waals surface area contributed by atoms with E-state index in [0.29, 0.717) is 18.9 Å². The molecule has 0 atom stereocenters. The Morgan fingerprint density at radius 2 is 1.79 bits per heavy atom. The Kier molecular flexibility index (Phi) is 4.88. The zero-order valence-corrected chi connectivity index (χ0v) is 16.6. The number of methoxy groups -OCH3 is 1. The molecule has 0 aliphatic carbocycles. The number of nitrogens with one attached hydrogen (secondary N) is 1. The van der Waals surface area contributed by atoms with Crippen LogP contribution in [0.3, 0.4) is 0 Å². The van der Waals surface area contributed by atoms with Crippen molar-refractivity contribution in [1.29, 1.82) is 0 Å². The van der Waals surface area contributed by atoms with Gasteiger partial charge in [0, 0.05) is 17.4 Å². The fourth-order valence-electron chi connectivity index (χ4n) is 3.06. The molecule has 1 aliphatic heterocycles. The highest BCUT2D eigenvalue weighted by molar-refractivity contribution is 5.96. The van der Waals surface area contributed by atoms with E-state index in [1.807, 2.05) is 38.2 Å². The summed E-state index contributed by atoms with van der Waals surface area (Å²) in [6.45, 7) is 4.74. The first kappa shape index (κ1) is 18.9. The lowest BCUT2D eigenvalue weighted by molar-refractivity contribution is -0.123. The van der Waals surface area contributed by atoms with Crippen molar-refractivity contribution in [2.45, 2.75) is 19.4 Å².